The monoisotopic (exact) mass is 364 g/mol. The molecule has 120 valence electrons. The maximum Gasteiger partial charge on any atom is 0.226 e. The molecule has 0 bridgehead atoms. The van der Waals surface area contributed by atoms with E-state index in [4.69, 9.17) is 5.73 Å². The average molecular weight is 365 g/mol. The molecule has 0 aromatic heterocycles. The van der Waals surface area contributed by atoms with Crippen LogP contribution in [0.25, 0.3) is 0 Å². The van der Waals surface area contributed by atoms with Crippen LogP contribution in [-0.2, 0) is 11.2 Å². The van der Waals surface area contributed by atoms with Crippen molar-refractivity contribution in [1.82, 2.24) is 4.90 Å². The molecule has 1 saturated heterocycles. The minimum Gasteiger partial charge on any atom is -0.342 e. The van der Waals surface area contributed by atoms with Gasteiger partial charge in [-0.25, -0.2) is 0 Å². The van der Waals surface area contributed by atoms with Gasteiger partial charge in [0.2, 0.25) is 5.91 Å². The Kier molecular flexibility index (Phi) is 4.88. The van der Waals surface area contributed by atoms with E-state index in [-0.39, 0.29) is 5.92 Å². The van der Waals surface area contributed by atoms with Gasteiger partial charge in [0.15, 0.2) is 0 Å². The van der Waals surface area contributed by atoms with Gasteiger partial charge in [-0.3, -0.25) is 4.79 Å². The largest absolute Gasteiger partial charge is 0.342 e. The van der Waals surface area contributed by atoms with Crippen LogP contribution in [0.15, 0.2) is 28.7 Å². The molecule has 1 aliphatic heterocycles. The van der Waals surface area contributed by atoms with Crippen molar-refractivity contribution in [2.75, 3.05) is 13.1 Å². The smallest absolute Gasteiger partial charge is 0.226 e. The summed E-state index contributed by atoms with van der Waals surface area (Å²) in [6.45, 7) is 3.91. The number of nitrogens with two attached hydrogens (primary N) is 1. The lowest BCUT2D eigenvalue weighted by molar-refractivity contribution is -0.134. The number of benzene rings is 1. The quantitative estimate of drug-likeness (QED) is 0.891. The first kappa shape index (κ1) is 16.0. The number of carbonyl (C=O) groups excluding carboxylic acids is 1. The second-order valence-electron chi connectivity index (χ2n) is 6.85. The molecule has 1 saturated carbocycles. The average Bonchev–Trinajstić information content (AvgIpc) is 3.07. The summed E-state index contributed by atoms with van der Waals surface area (Å²) < 4.78 is 1.08. The summed E-state index contributed by atoms with van der Waals surface area (Å²) in [6.07, 6.45) is 4.04. The van der Waals surface area contributed by atoms with Gasteiger partial charge in [-0.2, -0.15) is 0 Å². The number of fused-ring (bicyclic) bond motifs is 1. The predicted octanol–water partition coefficient (Wildman–Crippen LogP) is 3.21. The summed E-state index contributed by atoms with van der Waals surface area (Å²) in [4.78, 5) is 15.0. The van der Waals surface area contributed by atoms with Crippen LogP contribution < -0.4 is 5.73 Å². The van der Waals surface area contributed by atoms with Gasteiger partial charge in [-0.15, -0.1) is 0 Å². The van der Waals surface area contributed by atoms with Gasteiger partial charge in [0.1, 0.15) is 0 Å². The summed E-state index contributed by atoms with van der Waals surface area (Å²) in [6, 6.07) is 8.58. The van der Waals surface area contributed by atoms with Crippen LogP contribution >= 0.6 is 15.9 Å². The predicted molar refractivity (Wildman–Crippen MR) is 92.4 cm³/mol. The molecule has 3 nitrogen and oxygen atoms in total. The van der Waals surface area contributed by atoms with Gasteiger partial charge in [-0.05, 0) is 55.2 Å². The Morgan fingerprint density at radius 1 is 1.41 bits per heavy atom. The van der Waals surface area contributed by atoms with Crippen molar-refractivity contribution in [3.8, 4) is 0 Å². The summed E-state index contributed by atoms with van der Waals surface area (Å²) in [5, 5.41) is 0. The van der Waals surface area contributed by atoms with Crippen molar-refractivity contribution in [2.24, 2.45) is 23.5 Å². The molecule has 1 aromatic rings. The van der Waals surface area contributed by atoms with Crippen LogP contribution in [0.1, 0.15) is 31.7 Å². The zero-order valence-corrected chi connectivity index (χ0v) is 14.8. The highest BCUT2D eigenvalue weighted by molar-refractivity contribution is 9.10. The molecule has 0 radical (unpaired) electrons. The molecule has 1 aromatic carbocycles. The lowest BCUT2D eigenvalue weighted by Gasteiger charge is -2.24. The zero-order valence-electron chi connectivity index (χ0n) is 13.2. The molecule has 0 spiro atoms. The Balaban J connectivity index is 1.65. The Hall–Kier alpha value is -0.870. The van der Waals surface area contributed by atoms with E-state index >= 15 is 0 Å². The van der Waals surface area contributed by atoms with E-state index in [0.29, 0.717) is 23.8 Å². The normalized spacial score (nSPS) is 28.7. The first-order valence-corrected chi connectivity index (χ1v) is 9.16. The summed E-state index contributed by atoms with van der Waals surface area (Å²) in [7, 11) is 0. The first-order chi connectivity index (χ1) is 10.6. The van der Waals surface area contributed by atoms with Crippen LogP contribution in [0.2, 0.25) is 0 Å². The molecule has 1 amide bonds. The minimum absolute atomic E-state index is 0.0874. The molecule has 1 heterocycles. The fraction of sp³-hybridized carbons (Fsp3) is 0.611. The summed E-state index contributed by atoms with van der Waals surface area (Å²) in [5.74, 6) is 1.59. The van der Waals surface area contributed by atoms with E-state index in [1.807, 2.05) is 12.1 Å². The molecule has 4 heteroatoms. The fourth-order valence-corrected chi connectivity index (χ4v) is 4.55. The van der Waals surface area contributed by atoms with E-state index in [2.05, 4.69) is 39.9 Å². The number of hydrogen-bond donors (Lipinski definition) is 1. The number of halogens is 1. The zero-order chi connectivity index (χ0) is 15.7. The van der Waals surface area contributed by atoms with E-state index in [9.17, 15) is 4.79 Å². The van der Waals surface area contributed by atoms with Crippen molar-refractivity contribution in [3.05, 3.63) is 34.3 Å². The molecule has 2 aliphatic rings. The van der Waals surface area contributed by atoms with Crippen LogP contribution in [0.3, 0.4) is 0 Å². The molecule has 1 aliphatic carbocycles. The highest BCUT2D eigenvalue weighted by atomic mass is 79.9. The topological polar surface area (TPSA) is 46.3 Å². The van der Waals surface area contributed by atoms with Gasteiger partial charge in [0.25, 0.3) is 0 Å². The molecule has 22 heavy (non-hydrogen) atoms. The second-order valence-corrected chi connectivity index (χ2v) is 7.76. The third kappa shape index (κ3) is 3.23. The Morgan fingerprint density at radius 2 is 2.23 bits per heavy atom. The fourth-order valence-electron chi connectivity index (χ4n) is 4.10. The highest BCUT2D eigenvalue weighted by Crippen LogP contribution is 2.37. The molecule has 2 fully saturated rings. The van der Waals surface area contributed by atoms with E-state index in [0.717, 1.165) is 36.8 Å². The molecule has 4 atom stereocenters. The highest BCUT2D eigenvalue weighted by Gasteiger charge is 2.43. The van der Waals surface area contributed by atoms with Crippen molar-refractivity contribution < 1.29 is 4.79 Å². The van der Waals surface area contributed by atoms with Gasteiger partial charge >= 0.3 is 0 Å². The Labute approximate surface area is 141 Å². The van der Waals surface area contributed by atoms with Crippen LogP contribution in [0.4, 0.5) is 0 Å². The third-order valence-electron chi connectivity index (χ3n) is 5.44. The van der Waals surface area contributed by atoms with E-state index < -0.39 is 0 Å². The van der Waals surface area contributed by atoms with Gasteiger partial charge in [0, 0.05) is 29.5 Å². The molecule has 4 unspecified atom stereocenters. The minimum atomic E-state index is 0.0874. The first-order valence-electron chi connectivity index (χ1n) is 8.37. The van der Waals surface area contributed by atoms with Crippen molar-refractivity contribution >= 4 is 21.8 Å². The number of carbonyl (C=O) groups is 1. The third-order valence-corrected chi connectivity index (χ3v) is 5.93. The number of hydrogen-bond acceptors (Lipinski definition) is 2. The standard InChI is InChI=1S/C18H25BrN2O/c1-2-13(8-12-4-3-5-15(19)9-12)18(22)21-10-14-6-7-17(20)16(14)11-21/h3-5,9,13-14,16-17H,2,6-8,10-11,20H2,1H3. The van der Waals surface area contributed by atoms with E-state index in [1.165, 1.54) is 12.0 Å². The van der Waals surface area contributed by atoms with E-state index in [1.54, 1.807) is 0 Å². The van der Waals surface area contributed by atoms with Crippen molar-refractivity contribution in [1.29, 1.82) is 0 Å². The SMILES string of the molecule is CCC(Cc1cccc(Br)c1)C(=O)N1CC2CCC(N)C2C1. The second kappa shape index (κ2) is 6.71. The number of amides is 1. The van der Waals surface area contributed by atoms with Gasteiger partial charge in [-0.1, -0.05) is 35.0 Å². The van der Waals surface area contributed by atoms with Crippen LogP contribution in [0, 0.1) is 17.8 Å². The lowest BCUT2D eigenvalue weighted by Crippen LogP contribution is -2.37. The molecular formula is C18H25BrN2O. The number of likely N-dealkylation sites (tertiary alicyclic amines) is 1. The van der Waals surface area contributed by atoms with Gasteiger partial charge in [0.05, 0.1) is 0 Å². The maximum atomic E-state index is 12.9. The molecular weight excluding hydrogens is 340 g/mol. The molecule has 3 rings (SSSR count). The van der Waals surface area contributed by atoms with Gasteiger partial charge < -0.3 is 10.6 Å². The lowest BCUT2D eigenvalue weighted by atomic mass is 9.95. The Bertz CT molecular complexity index is 548. The summed E-state index contributed by atoms with van der Waals surface area (Å²) in [5.41, 5.74) is 7.42. The number of nitrogens with zero attached hydrogens (tertiary/aromatic N) is 1. The number of rotatable bonds is 4. The Morgan fingerprint density at radius 3 is 2.91 bits per heavy atom. The van der Waals surface area contributed by atoms with Crippen LogP contribution in [0.5, 0.6) is 0 Å². The van der Waals surface area contributed by atoms with Crippen molar-refractivity contribution in [2.45, 2.75) is 38.6 Å². The van der Waals surface area contributed by atoms with Crippen LogP contribution in [-0.4, -0.2) is 29.9 Å². The summed E-state index contributed by atoms with van der Waals surface area (Å²) >= 11 is 3.51. The van der Waals surface area contributed by atoms with Crippen molar-refractivity contribution in [3.63, 3.8) is 0 Å². The maximum absolute atomic E-state index is 12.9. The molecule has 2 N–H and O–H groups in total.